The standard InChI is InChI=1S/C27H30Cl2N4O6/c1-26(2,30)24(36)31-21(14-38-23(35)18-10-19(28)12-20(29)11-18)22(34)32-8-9-33-25(37)39-16-27(33,15-32)13-17-6-4-3-5-7-17/h3-7,10-12,21H,8-9,13-16,30H2,1-2H3,(H,31,36)/t21-,27+/m1/s1. The lowest BCUT2D eigenvalue weighted by Gasteiger charge is -2.45. The second-order valence-corrected chi connectivity index (χ2v) is 11.2. The number of halogens is 2. The van der Waals surface area contributed by atoms with Crippen LogP contribution in [0.5, 0.6) is 0 Å². The lowest BCUT2D eigenvalue weighted by Crippen LogP contribution is -2.66. The highest BCUT2D eigenvalue weighted by Crippen LogP contribution is 2.32. The maximum Gasteiger partial charge on any atom is 0.410 e. The van der Waals surface area contributed by atoms with Gasteiger partial charge in [0.05, 0.1) is 11.1 Å². The van der Waals surface area contributed by atoms with Gasteiger partial charge in [0.1, 0.15) is 24.8 Å². The van der Waals surface area contributed by atoms with Gasteiger partial charge in [-0.3, -0.25) is 14.5 Å². The van der Waals surface area contributed by atoms with Crippen LogP contribution in [0.4, 0.5) is 4.79 Å². The predicted molar refractivity (Wildman–Crippen MR) is 144 cm³/mol. The van der Waals surface area contributed by atoms with Gasteiger partial charge in [0.15, 0.2) is 0 Å². The van der Waals surface area contributed by atoms with E-state index in [4.69, 9.17) is 38.4 Å². The molecule has 10 nitrogen and oxygen atoms in total. The van der Waals surface area contributed by atoms with E-state index in [0.29, 0.717) is 6.42 Å². The minimum absolute atomic E-state index is 0.0984. The molecule has 0 aromatic heterocycles. The minimum Gasteiger partial charge on any atom is -0.459 e. The highest BCUT2D eigenvalue weighted by molar-refractivity contribution is 6.35. The molecule has 2 atom stereocenters. The molecule has 2 aromatic rings. The molecular formula is C27H30Cl2N4O6. The van der Waals surface area contributed by atoms with Crippen molar-refractivity contribution in [3.63, 3.8) is 0 Å². The summed E-state index contributed by atoms with van der Waals surface area (Å²) in [6, 6.07) is 12.6. The third kappa shape index (κ3) is 6.63. The second-order valence-electron chi connectivity index (χ2n) is 10.4. The number of esters is 1. The number of rotatable bonds is 8. The Morgan fingerprint density at radius 2 is 1.79 bits per heavy atom. The van der Waals surface area contributed by atoms with E-state index < -0.39 is 47.6 Å². The van der Waals surface area contributed by atoms with E-state index in [1.54, 1.807) is 9.80 Å². The summed E-state index contributed by atoms with van der Waals surface area (Å²) in [4.78, 5) is 54.9. The van der Waals surface area contributed by atoms with Gasteiger partial charge < -0.3 is 25.4 Å². The van der Waals surface area contributed by atoms with Gasteiger partial charge in [0, 0.05) is 36.1 Å². The van der Waals surface area contributed by atoms with Crippen LogP contribution >= 0.6 is 23.2 Å². The van der Waals surface area contributed by atoms with Crippen molar-refractivity contribution in [2.24, 2.45) is 5.73 Å². The average molecular weight is 577 g/mol. The maximum atomic E-state index is 13.8. The number of benzene rings is 2. The van der Waals surface area contributed by atoms with Crippen molar-refractivity contribution in [2.75, 3.05) is 32.8 Å². The molecule has 4 rings (SSSR count). The van der Waals surface area contributed by atoms with Crippen molar-refractivity contribution >= 4 is 47.1 Å². The number of nitrogens with zero attached hydrogens (tertiary/aromatic N) is 2. The monoisotopic (exact) mass is 576 g/mol. The Morgan fingerprint density at radius 1 is 1.13 bits per heavy atom. The topological polar surface area (TPSA) is 131 Å². The zero-order valence-corrected chi connectivity index (χ0v) is 23.1. The molecule has 2 fully saturated rings. The summed E-state index contributed by atoms with van der Waals surface area (Å²) in [6.45, 7) is 3.29. The van der Waals surface area contributed by atoms with Gasteiger partial charge in [-0.15, -0.1) is 0 Å². The molecule has 2 aliphatic heterocycles. The molecule has 208 valence electrons. The zero-order chi connectivity index (χ0) is 28.4. The van der Waals surface area contributed by atoms with Crippen molar-refractivity contribution in [3.05, 3.63) is 69.7 Å². The van der Waals surface area contributed by atoms with Gasteiger partial charge in [0.2, 0.25) is 11.8 Å². The number of piperazine rings is 1. The van der Waals surface area contributed by atoms with Crippen LogP contribution in [0, 0.1) is 0 Å². The Bertz CT molecular complexity index is 1250. The number of hydrogen-bond acceptors (Lipinski definition) is 7. The molecule has 0 unspecified atom stereocenters. The van der Waals surface area contributed by atoms with E-state index in [2.05, 4.69) is 5.32 Å². The van der Waals surface area contributed by atoms with Crippen LogP contribution in [0.3, 0.4) is 0 Å². The molecule has 0 saturated carbocycles. The number of cyclic esters (lactones) is 1. The van der Waals surface area contributed by atoms with E-state index in [1.807, 2.05) is 30.3 Å². The van der Waals surface area contributed by atoms with E-state index in [0.717, 1.165) is 5.56 Å². The first-order valence-corrected chi connectivity index (χ1v) is 13.1. The molecule has 0 aliphatic carbocycles. The van der Waals surface area contributed by atoms with Crippen LogP contribution < -0.4 is 11.1 Å². The highest BCUT2D eigenvalue weighted by Gasteiger charge is 2.52. The Kier molecular flexibility index (Phi) is 8.39. The predicted octanol–water partition coefficient (Wildman–Crippen LogP) is 2.65. The summed E-state index contributed by atoms with van der Waals surface area (Å²) in [5, 5.41) is 3.11. The molecule has 3 N–H and O–H groups in total. The van der Waals surface area contributed by atoms with Crippen LogP contribution in [0.25, 0.3) is 0 Å². The molecule has 39 heavy (non-hydrogen) atoms. The number of carbonyl (C=O) groups excluding carboxylic acids is 4. The highest BCUT2D eigenvalue weighted by atomic mass is 35.5. The van der Waals surface area contributed by atoms with Gasteiger partial charge in [0.25, 0.3) is 0 Å². The number of nitrogens with two attached hydrogens (primary N) is 1. The Labute approximate surface area is 236 Å². The van der Waals surface area contributed by atoms with Crippen LogP contribution in [0.15, 0.2) is 48.5 Å². The summed E-state index contributed by atoms with van der Waals surface area (Å²) in [7, 11) is 0. The largest absolute Gasteiger partial charge is 0.459 e. The normalized spacial score (nSPS) is 19.7. The first-order chi connectivity index (χ1) is 18.4. The quantitative estimate of drug-likeness (QED) is 0.462. The van der Waals surface area contributed by atoms with Gasteiger partial charge in [-0.05, 0) is 37.6 Å². The summed E-state index contributed by atoms with van der Waals surface area (Å²) in [5.41, 5.74) is 4.96. The SMILES string of the molecule is CC(C)(N)C(=O)N[C@H](COC(=O)c1cc(Cl)cc(Cl)c1)C(=O)N1CCN2C(=O)OC[C@]2(Cc2ccccc2)C1. The number of ether oxygens (including phenoxy) is 2. The van der Waals surface area contributed by atoms with Crippen molar-refractivity contribution < 1.29 is 28.7 Å². The third-order valence-electron chi connectivity index (χ3n) is 6.69. The third-order valence-corrected chi connectivity index (χ3v) is 7.13. The molecule has 3 amide bonds. The Morgan fingerprint density at radius 3 is 2.44 bits per heavy atom. The second kappa shape index (κ2) is 11.4. The lowest BCUT2D eigenvalue weighted by molar-refractivity contribution is -0.141. The van der Waals surface area contributed by atoms with Crippen LogP contribution in [-0.4, -0.2) is 83.6 Å². The maximum absolute atomic E-state index is 13.8. The summed E-state index contributed by atoms with van der Waals surface area (Å²) in [5.74, 6) is -1.84. The summed E-state index contributed by atoms with van der Waals surface area (Å²) < 4.78 is 10.8. The number of amides is 3. The van der Waals surface area contributed by atoms with Crippen LogP contribution in [-0.2, 0) is 25.5 Å². The molecular weight excluding hydrogens is 547 g/mol. The van der Waals surface area contributed by atoms with Gasteiger partial charge >= 0.3 is 12.1 Å². The molecule has 2 aromatic carbocycles. The number of carbonyl (C=O) groups is 4. The fourth-order valence-corrected chi connectivity index (χ4v) is 5.21. The Balaban J connectivity index is 1.54. The number of nitrogens with one attached hydrogen (secondary N) is 1. The molecule has 0 radical (unpaired) electrons. The van der Waals surface area contributed by atoms with Crippen LogP contribution in [0.2, 0.25) is 10.0 Å². The van der Waals surface area contributed by atoms with E-state index in [9.17, 15) is 19.2 Å². The number of hydrogen-bond donors (Lipinski definition) is 2. The van der Waals surface area contributed by atoms with Crippen molar-refractivity contribution in [3.8, 4) is 0 Å². The lowest BCUT2D eigenvalue weighted by atomic mass is 9.88. The van der Waals surface area contributed by atoms with Crippen molar-refractivity contribution in [2.45, 2.75) is 37.4 Å². The molecule has 0 spiro atoms. The number of fused-ring (bicyclic) bond motifs is 1. The average Bonchev–Trinajstić information content (AvgIpc) is 3.20. The first kappa shape index (κ1) is 28.7. The fraction of sp³-hybridized carbons (Fsp3) is 0.407. The molecule has 2 heterocycles. The minimum atomic E-state index is -1.29. The van der Waals surface area contributed by atoms with E-state index in [1.165, 1.54) is 32.0 Å². The molecule has 2 aliphatic rings. The molecule has 12 heteroatoms. The van der Waals surface area contributed by atoms with Gasteiger partial charge in [-0.2, -0.15) is 0 Å². The van der Waals surface area contributed by atoms with E-state index >= 15 is 0 Å². The Hall–Kier alpha value is -3.34. The molecule has 0 bridgehead atoms. The molecule has 2 saturated heterocycles. The summed E-state index contributed by atoms with van der Waals surface area (Å²) >= 11 is 12.0. The smallest absolute Gasteiger partial charge is 0.410 e. The van der Waals surface area contributed by atoms with Gasteiger partial charge in [-0.1, -0.05) is 53.5 Å². The zero-order valence-electron chi connectivity index (χ0n) is 21.6. The fourth-order valence-electron chi connectivity index (χ4n) is 4.68. The van der Waals surface area contributed by atoms with Crippen LogP contribution in [0.1, 0.15) is 29.8 Å². The van der Waals surface area contributed by atoms with Crippen molar-refractivity contribution in [1.29, 1.82) is 0 Å². The first-order valence-electron chi connectivity index (χ1n) is 12.4. The van der Waals surface area contributed by atoms with Gasteiger partial charge in [-0.25, -0.2) is 9.59 Å². The summed E-state index contributed by atoms with van der Waals surface area (Å²) in [6.07, 6.45) is 0.0441. The van der Waals surface area contributed by atoms with Crippen molar-refractivity contribution in [1.82, 2.24) is 15.1 Å². The van der Waals surface area contributed by atoms with E-state index in [-0.39, 0.29) is 41.8 Å².